The number of nitrogens with zero attached hydrogens (tertiary/aromatic N) is 1. The predicted octanol–water partition coefficient (Wildman–Crippen LogP) is 3.40. The fourth-order valence-electron chi connectivity index (χ4n) is 3.40. The summed E-state index contributed by atoms with van der Waals surface area (Å²) in [7, 11) is 0. The second kappa shape index (κ2) is 8.70. The zero-order valence-electron chi connectivity index (χ0n) is 14.9. The van der Waals surface area contributed by atoms with E-state index in [9.17, 15) is 14.7 Å². The first-order valence-corrected chi connectivity index (χ1v) is 8.83. The number of phenols is 1. The van der Waals surface area contributed by atoms with Crippen molar-refractivity contribution in [2.75, 3.05) is 13.1 Å². The number of rotatable bonds is 7. The lowest BCUT2D eigenvalue weighted by Gasteiger charge is -2.19. The van der Waals surface area contributed by atoms with Gasteiger partial charge in [0.1, 0.15) is 5.75 Å². The molecule has 5 heteroatoms. The summed E-state index contributed by atoms with van der Waals surface area (Å²) in [5.74, 6) is -0.129. The summed E-state index contributed by atoms with van der Waals surface area (Å²) in [6, 6.07) is 7.31. The van der Waals surface area contributed by atoms with E-state index in [1.807, 2.05) is 43.0 Å². The minimum atomic E-state index is -0.800. The highest BCUT2D eigenvalue weighted by atomic mass is 16.4. The molecule has 2 atom stereocenters. The average molecular weight is 345 g/mol. The first kappa shape index (κ1) is 19.0. The Morgan fingerprint density at radius 2 is 1.96 bits per heavy atom. The number of hydrogen-bond donors (Lipinski definition) is 2. The molecule has 1 fully saturated rings. The third-order valence-electron chi connectivity index (χ3n) is 4.71. The summed E-state index contributed by atoms with van der Waals surface area (Å²) in [5.41, 5.74) is 0.880. The number of amides is 1. The van der Waals surface area contributed by atoms with Gasteiger partial charge in [-0.3, -0.25) is 9.59 Å². The number of phenolic OH excluding ortho intramolecular Hbond substituents is 1. The minimum Gasteiger partial charge on any atom is -0.508 e. The lowest BCUT2D eigenvalue weighted by atomic mass is 9.86. The van der Waals surface area contributed by atoms with Crippen LogP contribution in [0.1, 0.15) is 44.6 Å². The fourth-order valence-corrected chi connectivity index (χ4v) is 3.40. The molecule has 0 radical (unpaired) electrons. The summed E-state index contributed by atoms with van der Waals surface area (Å²) < 4.78 is 0. The molecule has 1 aliphatic rings. The van der Waals surface area contributed by atoms with Gasteiger partial charge in [-0.25, -0.2) is 0 Å². The van der Waals surface area contributed by atoms with Crippen LogP contribution in [0.5, 0.6) is 5.75 Å². The van der Waals surface area contributed by atoms with Crippen LogP contribution in [-0.4, -0.2) is 40.1 Å². The van der Waals surface area contributed by atoms with Crippen LogP contribution < -0.4 is 0 Å². The van der Waals surface area contributed by atoms with Crippen LogP contribution in [0, 0.1) is 11.8 Å². The lowest BCUT2D eigenvalue weighted by Crippen LogP contribution is -2.32. The van der Waals surface area contributed by atoms with Crippen LogP contribution in [0.4, 0.5) is 0 Å². The van der Waals surface area contributed by atoms with Gasteiger partial charge in [0, 0.05) is 31.3 Å². The second-order valence-electron chi connectivity index (χ2n) is 6.96. The highest BCUT2D eigenvalue weighted by Crippen LogP contribution is 2.39. The summed E-state index contributed by atoms with van der Waals surface area (Å²) in [6.07, 6.45) is 5.30. The smallest absolute Gasteiger partial charge is 0.303 e. The largest absolute Gasteiger partial charge is 0.508 e. The highest BCUT2D eigenvalue weighted by Gasteiger charge is 2.37. The van der Waals surface area contributed by atoms with Gasteiger partial charge < -0.3 is 15.1 Å². The molecule has 1 heterocycles. The quantitative estimate of drug-likeness (QED) is 0.743. The summed E-state index contributed by atoms with van der Waals surface area (Å²) >= 11 is 0. The molecule has 5 nitrogen and oxygen atoms in total. The fraction of sp³-hybridized carbons (Fsp3) is 0.500. The van der Waals surface area contributed by atoms with Crippen LogP contribution in [0.25, 0.3) is 0 Å². The van der Waals surface area contributed by atoms with Crippen LogP contribution in [0.3, 0.4) is 0 Å². The number of aliphatic carboxylic acids is 1. The molecular formula is C20H27NO4. The minimum absolute atomic E-state index is 0.0464. The van der Waals surface area contributed by atoms with Gasteiger partial charge in [0.2, 0.25) is 5.91 Å². The number of carboxylic acid groups (broad SMARTS) is 1. The Kier molecular flexibility index (Phi) is 6.62. The van der Waals surface area contributed by atoms with Gasteiger partial charge >= 0.3 is 5.97 Å². The van der Waals surface area contributed by atoms with E-state index in [-0.39, 0.29) is 35.8 Å². The molecule has 0 aliphatic carbocycles. The number of hydrogen-bond acceptors (Lipinski definition) is 3. The molecule has 0 aromatic heterocycles. The van der Waals surface area contributed by atoms with E-state index in [0.29, 0.717) is 19.5 Å². The van der Waals surface area contributed by atoms with Crippen LogP contribution in [0.15, 0.2) is 36.4 Å². The Morgan fingerprint density at radius 1 is 1.24 bits per heavy atom. The number of likely N-dealkylation sites (tertiary alicyclic amines) is 1. The van der Waals surface area contributed by atoms with Gasteiger partial charge in [0.15, 0.2) is 0 Å². The molecule has 136 valence electrons. The number of para-hydroxylation sites is 1. The average Bonchev–Trinajstić information content (AvgIpc) is 2.97. The molecule has 1 aliphatic heterocycles. The zero-order chi connectivity index (χ0) is 18.4. The Labute approximate surface area is 149 Å². The molecule has 0 bridgehead atoms. The van der Waals surface area contributed by atoms with Crippen molar-refractivity contribution in [3.63, 3.8) is 0 Å². The van der Waals surface area contributed by atoms with E-state index in [0.717, 1.165) is 12.0 Å². The van der Waals surface area contributed by atoms with E-state index in [4.69, 9.17) is 5.11 Å². The first-order chi connectivity index (χ1) is 11.9. The number of allylic oxidation sites excluding steroid dienone is 2. The normalized spacial score (nSPS) is 20.5. The zero-order valence-corrected chi connectivity index (χ0v) is 14.9. The Hall–Kier alpha value is -2.30. The van der Waals surface area contributed by atoms with Crippen molar-refractivity contribution in [2.24, 2.45) is 11.8 Å². The van der Waals surface area contributed by atoms with Gasteiger partial charge in [-0.1, -0.05) is 44.2 Å². The van der Waals surface area contributed by atoms with Gasteiger partial charge in [0.25, 0.3) is 0 Å². The van der Waals surface area contributed by atoms with Gasteiger partial charge in [0.05, 0.1) is 0 Å². The van der Waals surface area contributed by atoms with E-state index >= 15 is 0 Å². The summed E-state index contributed by atoms with van der Waals surface area (Å²) in [4.78, 5) is 24.8. The molecular weight excluding hydrogens is 318 g/mol. The van der Waals surface area contributed by atoms with Crippen molar-refractivity contribution in [1.82, 2.24) is 4.90 Å². The van der Waals surface area contributed by atoms with E-state index < -0.39 is 5.97 Å². The second-order valence-corrected chi connectivity index (χ2v) is 6.96. The molecule has 1 amide bonds. The molecule has 2 rings (SSSR count). The lowest BCUT2D eigenvalue weighted by molar-refractivity contribution is -0.137. The van der Waals surface area contributed by atoms with Crippen LogP contribution in [0.2, 0.25) is 0 Å². The van der Waals surface area contributed by atoms with Crippen LogP contribution >= 0.6 is 0 Å². The molecule has 1 aromatic rings. The molecule has 0 unspecified atom stereocenters. The van der Waals surface area contributed by atoms with Crippen molar-refractivity contribution < 1.29 is 19.8 Å². The number of carbonyl (C=O) groups excluding carboxylic acids is 1. The van der Waals surface area contributed by atoms with Crippen molar-refractivity contribution in [3.8, 4) is 5.75 Å². The van der Waals surface area contributed by atoms with Gasteiger partial charge in [-0.15, -0.1) is 0 Å². The van der Waals surface area contributed by atoms with Gasteiger partial charge in [-0.2, -0.15) is 0 Å². The monoisotopic (exact) mass is 345 g/mol. The van der Waals surface area contributed by atoms with Crippen molar-refractivity contribution >= 4 is 11.9 Å². The van der Waals surface area contributed by atoms with E-state index in [2.05, 4.69) is 0 Å². The summed E-state index contributed by atoms with van der Waals surface area (Å²) in [5, 5.41) is 18.9. The Bertz CT molecular complexity index is 638. The van der Waals surface area contributed by atoms with Crippen molar-refractivity contribution in [2.45, 2.75) is 39.0 Å². The number of carbonyl (C=O) groups is 2. The summed E-state index contributed by atoms with van der Waals surface area (Å²) in [6.45, 7) is 5.08. The number of benzene rings is 1. The number of carboxylic acids is 1. The third-order valence-corrected chi connectivity index (χ3v) is 4.71. The Morgan fingerprint density at radius 3 is 2.60 bits per heavy atom. The maximum absolute atomic E-state index is 12.4. The van der Waals surface area contributed by atoms with Crippen LogP contribution in [-0.2, 0) is 9.59 Å². The molecule has 2 N–H and O–H groups in total. The number of aromatic hydroxyl groups is 1. The van der Waals surface area contributed by atoms with E-state index in [1.165, 1.54) is 0 Å². The topological polar surface area (TPSA) is 77.8 Å². The predicted molar refractivity (Wildman–Crippen MR) is 96.4 cm³/mol. The first-order valence-electron chi connectivity index (χ1n) is 8.83. The molecule has 1 saturated heterocycles. The van der Waals surface area contributed by atoms with Crippen molar-refractivity contribution in [1.29, 1.82) is 0 Å². The Balaban J connectivity index is 2.11. The maximum atomic E-state index is 12.4. The molecule has 25 heavy (non-hydrogen) atoms. The maximum Gasteiger partial charge on any atom is 0.303 e. The van der Waals surface area contributed by atoms with Gasteiger partial charge in [-0.05, 0) is 30.4 Å². The molecule has 1 aromatic carbocycles. The molecule has 0 saturated carbocycles. The third kappa shape index (κ3) is 5.08. The van der Waals surface area contributed by atoms with E-state index in [1.54, 1.807) is 12.1 Å². The standard InChI is InChI=1S/C20H27NO4/c1-14(2)20(25)21-12-15(8-4-3-5-11-19(23)24)17(13-21)16-9-6-7-10-18(16)22/h3-4,6-7,9-10,14-15,17,22H,5,8,11-13H2,1-2H3,(H,23,24)/t15-,17-/m0/s1. The SMILES string of the molecule is CC(C)C(=O)N1C[C@H](CC=CCCC(=O)O)[C@@H](c2ccccc2O)C1. The molecule has 0 spiro atoms. The van der Waals surface area contributed by atoms with Crippen molar-refractivity contribution in [3.05, 3.63) is 42.0 Å². The highest BCUT2D eigenvalue weighted by molar-refractivity contribution is 5.78.